The number of anilines is 1. The predicted octanol–water partition coefficient (Wildman–Crippen LogP) is 2.58. The molecule has 0 atom stereocenters. The maximum Gasteiger partial charge on any atom is 0.259 e. The summed E-state index contributed by atoms with van der Waals surface area (Å²) in [5, 5.41) is 9.71. The lowest BCUT2D eigenvalue weighted by Crippen LogP contribution is -2.13. The number of rotatable bonds is 3. The zero-order valence-electron chi connectivity index (χ0n) is 11.4. The van der Waals surface area contributed by atoms with Crippen molar-refractivity contribution in [1.29, 1.82) is 0 Å². The van der Waals surface area contributed by atoms with Crippen LogP contribution in [0.3, 0.4) is 0 Å². The van der Waals surface area contributed by atoms with Gasteiger partial charge in [0, 0.05) is 23.8 Å². The summed E-state index contributed by atoms with van der Waals surface area (Å²) < 4.78 is 1.91. The average Bonchev–Trinajstić information content (AvgIpc) is 3.03. The Morgan fingerprint density at radius 3 is 3.05 bits per heavy atom. The van der Waals surface area contributed by atoms with Gasteiger partial charge in [-0.3, -0.25) is 15.2 Å². The van der Waals surface area contributed by atoms with Crippen LogP contribution in [0, 0.1) is 0 Å². The van der Waals surface area contributed by atoms with E-state index in [9.17, 15) is 4.79 Å². The van der Waals surface area contributed by atoms with Crippen LogP contribution in [-0.4, -0.2) is 25.5 Å². The minimum Gasteiger partial charge on any atom is -0.323 e. The van der Waals surface area contributed by atoms with E-state index >= 15 is 0 Å². The first-order chi connectivity index (χ1) is 10.3. The first kappa shape index (κ1) is 12.1. The summed E-state index contributed by atoms with van der Waals surface area (Å²) in [7, 11) is 0. The molecule has 3 aromatic heterocycles. The first-order valence-electron chi connectivity index (χ1n) is 7.10. The van der Waals surface area contributed by atoms with Gasteiger partial charge in [-0.1, -0.05) is 12.5 Å². The number of carbonyl (C=O) groups is 1. The van der Waals surface area contributed by atoms with Crippen LogP contribution in [0.25, 0.3) is 5.52 Å². The molecule has 1 amide bonds. The van der Waals surface area contributed by atoms with Gasteiger partial charge in [-0.15, -0.1) is 5.10 Å². The molecule has 1 aliphatic rings. The van der Waals surface area contributed by atoms with Crippen molar-refractivity contribution in [2.24, 2.45) is 0 Å². The normalized spacial score (nSPS) is 15.0. The lowest BCUT2D eigenvalue weighted by Gasteiger charge is -2.22. The van der Waals surface area contributed by atoms with Crippen molar-refractivity contribution in [3.63, 3.8) is 0 Å². The number of aromatic amines is 1. The molecule has 2 N–H and O–H groups in total. The molecule has 1 aliphatic carbocycles. The topological polar surface area (TPSA) is 75.1 Å². The number of nitrogens with zero attached hydrogens (tertiary/aromatic N) is 3. The predicted molar refractivity (Wildman–Crippen MR) is 78.3 cm³/mol. The number of pyridine rings is 1. The van der Waals surface area contributed by atoms with Crippen molar-refractivity contribution in [1.82, 2.24) is 19.6 Å². The molecule has 3 aromatic rings. The zero-order chi connectivity index (χ0) is 14.2. The molecule has 0 aliphatic heterocycles. The summed E-state index contributed by atoms with van der Waals surface area (Å²) in [4.78, 5) is 16.6. The van der Waals surface area contributed by atoms with Crippen LogP contribution < -0.4 is 5.32 Å². The van der Waals surface area contributed by atoms with Gasteiger partial charge in [0.2, 0.25) is 5.95 Å². The number of amides is 1. The molecular weight excluding hydrogens is 266 g/mol. The molecular formula is C15H15N5O. The number of hydrogen-bond donors (Lipinski definition) is 2. The molecule has 0 spiro atoms. The molecule has 0 radical (unpaired) electrons. The fourth-order valence-electron chi connectivity index (χ4n) is 2.55. The van der Waals surface area contributed by atoms with E-state index in [4.69, 9.17) is 0 Å². The average molecular weight is 281 g/mol. The third-order valence-corrected chi connectivity index (χ3v) is 3.99. The monoisotopic (exact) mass is 281 g/mol. The minimum atomic E-state index is -0.196. The summed E-state index contributed by atoms with van der Waals surface area (Å²) >= 11 is 0. The number of H-pyrrole nitrogens is 1. The van der Waals surface area contributed by atoms with E-state index < -0.39 is 0 Å². The second-order valence-corrected chi connectivity index (χ2v) is 5.39. The molecule has 1 saturated carbocycles. The van der Waals surface area contributed by atoms with Gasteiger partial charge in [-0.25, -0.2) is 0 Å². The van der Waals surface area contributed by atoms with Gasteiger partial charge in [-0.2, -0.15) is 4.98 Å². The quantitative estimate of drug-likeness (QED) is 0.774. The smallest absolute Gasteiger partial charge is 0.259 e. The largest absolute Gasteiger partial charge is 0.323 e. The molecule has 0 bridgehead atoms. The summed E-state index contributed by atoms with van der Waals surface area (Å²) in [5.41, 5.74) is 1.57. The second-order valence-electron chi connectivity index (χ2n) is 5.39. The highest BCUT2D eigenvalue weighted by Crippen LogP contribution is 2.34. The number of nitrogens with one attached hydrogen (secondary N) is 2. The van der Waals surface area contributed by atoms with Gasteiger partial charge in [0.1, 0.15) is 5.82 Å². The summed E-state index contributed by atoms with van der Waals surface area (Å²) in [6, 6.07) is 7.67. The molecule has 4 rings (SSSR count). The van der Waals surface area contributed by atoms with E-state index in [2.05, 4.69) is 20.5 Å². The summed E-state index contributed by atoms with van der Waals surface area (Å²) in [6.07, 6.45) is 7.24. The summed E-state index contributed by atoms with van der Waals surface area (Å²) in [5.74, 6) is 1.49. The summed E-state index contributed by atoms with van der Waals surface area (Å²) in [6.45, 7) is 0. The van der Waals surface area contributed by atoms with Crippen LogP contribution in [0.4, 0.5) is 5.95 Å². The van der Waals surface area contributed by atoms with Gasteiger partial charge in [0.25, 0.3) is 5.91 Å². The van der Waals surface area contributed by atoms with E-state index in [1.54, 1.807) is 6.20 Å². The standard InChI is InChI=1S/C15H15N5O/c21-14(11-8-12-6-1-2-7-20(12)9-11)17-15-16-13(18-19-15)10-4-3-5-10/h1-2,6-10H,3-5H2,(H2,16,17,18,19,21). The number of carbonyl (C=O) groups excluding carboxylic acids is 1. The highest BCUT2D eigenvalue weighted by atomic mass is 16.1. The third-order valence-electron chi connectivity index (χ3n) is 3.99. The van der Waals surface area contributed by atoms with Crippen molar-refractivity contribution < 1.29 is 4.79 Å². The Hall–Kier alpha value is -2.63. The maximum atomic E-state index is 12.2. The molecule has 0 unspecified atom stereocenters. The second kappa shape index (κ2) is 4.73. The highest BCUT2D eigenvalue weighted by molar-refractivity contribution is 6.04. The number of fused-ring (bicyclic) bond motifs is 1. The minimum absolute atomic E-state index is 0.196. The van der Waals surface area contributed by atoms with E-state index in [1.165, 1.54) is 6.42 Å². The Morgan fingerprint density at radius 2 is 2.29 bits per heavy atom. The molecule has 0 aromatic carbocycles. The maximum absolute atomic E-state index is 12.2. The van der Waals surface area contributed by atoms with E-state index in [1.807, 2.05) is 34.9 Å². The molecule has 3 heterocycles. The first-order valence-corrected chi connectivity index (χ1v) is 7.10. The van der Waals surface area contributed by atoms with E-state index in [0.29, 0.717) is 17.4 Å². The van der Waals surface area contributed by atoms with Crippen LogP contribution in [0.15, 0.2) is 36.7 Å². The third kappa shape index (κ3) is 2.18. The lowest BCUT2D eigenvalue weighted by molar-refractivity contribution is 0.102. The highest BCUT2D eigenvalue weighted by Gasteiger charge is 2.23. The van der Waals surface area contributed by atoms with Crippen LogP contribution in [0.1, 0.15) is 41.4 Å². The van der Waals surface area contributed by atoms with Crippen LogP contribution >= 0.6 is 0 Å². The number of aromatic nitrogens is 4. The van der Waals surface area contributed by atoms with E-state index in [-0.39, 0.29) is 5.91 Å². The van der Waals surface area contributed by atoms with Crippen LogP contribution in [0.5, 0.6) is 0 Å². The Labute approximate surface area is 121 Å². The van der Waals surface area contributed by atoms with Gasteiger partial charge < -0.3 is 4.40 Å². The fraction of sp³-hybridized carbons (Fsp3) is 0.267. The molecule has 1 fully saturated rings. The Kier molecular flexibility index (Phi) is 2.73. The molecule has 106 valence electrons. The van der Waals surface area contributed by atoms with Gasteiger partial charge >= 0.3 is 0 Å². The van der Waals surface area contributed by atoms with Crippen LogP contribution in [0.2, 0.25) is 0 Å². The molecule has 0 saturated heterocycles. The van der Waals surface area contributed by atoms with Crippen molar-refractivity contribution in [2.45, 2.75) is 25.2 Å². The Balaban J connectivity index is 1.53. The molecule has 21 heavy (non-hydrogen) atoms. The van der Waals surface area contributed by atoms with Crippen molar-refractivity contribution >= 4 is 17.4 Å². The fourth-order valence-corrected chi connectivity index (χ4v) is 2.55. The van der Waals surface area contributed by atoms with Crippen molar-refractivity contribution in [3.05, 3.63) is 48.0 Å². The number of hydrogen-bond acceptors (Lipinski definition) is 3. The Morgan fingerprint density at radius 1 is 1.38 bits per heavy atom. The van der Waals surface area contributed by atoms with Crippen molar-refractivity contribution in [2.75, 3.05) is 5.32 Å². The zero-order valence-corrected chi connectivity index (χ0v) is 11.4. The SMILES string of the molecule is O=C(Nc1n[nH]c(C2CCC2)n1)c1cc2ccccn2c1. The van der Waals surface area contributed by atoms with Gasteiger partial charge in [-0.05, 0) is 31.0 Å². The van der Waals surface area contributed by atoms with Gasteiger partial charge in [0.05, 0.1) is 5.56 Å². The Bertz CT molecular complexity index is 766. The molecule has 6 heteroatoms. The lowest BCUT2D eigenvalue weighted by atomic mass is 9.85. The molecule has 6 nitrogen and oxygen atoms in total. The van der Waals surface area contributed by atoms with E-state index in [0.717, 1.165) is 24.2 Å². The van der Waals surface area contributed by atoms with Gasteiger partial charge in [0.15, 0.2) is 0 Å². The van der Waals surface area contributed by atoms with Crippen molar-refractivity contribution in [3.8, 4) is 0 Å². The van der Waals surface area contributed by atoms with Crippen LogP contribution in [-0.2, 0) is 0 Å².